The van der Waals surface area contributed by atoms with Crippen molar-refractivity contribution < 1.29 is 23.1 Å². The van der Waals surface area contributed by atoms with Gasteiger partial charge < -0.3 is 15.2 Å². The molecule has 1 fully saturated rings. The van der Waals surface area contributed by atoms with E-state index < -0.39 is 28.4 Å². The predicted molar refractivity (Wildman–Crippen MR) is 122 cm³/mol. The summed E-state index contributed by atoms with van der Waals surface area (Å²) in [6, 6.07) is 1.47. The van der Waals surface area contributed by atoms with E-state index in [1.165, 1.54) is 22.0 Å². The number of fused-ring (bicyclic) bond motifs is 2. The summed E-state index contributed by atoms with van der Waals surface area (Å²) >= 11 is 0. The summed E-state index contributed by atoms with van der Waals surface area (Å²) in [5, 5.41) is 16.7. The van der Waals surface area contributed by atoms with E-state index in [9.17, 15) is 18.3 Å². The summed E-state index contributed by atoms with van der Waals surface area (Å²) in [6.45, 7) is 0.116. The normalized spacial score (nSPS) is 21.6. The van der Waals surface area contributed by atoms with Gasteiger partial charge >= 0.3 is 16.2 Å². The lowest BCUT2D eigenvalue weighted by atomic mass is 9.99. The van der Waals surface area contributed by atoms with Crippen LogP contribution >= 0.6 is 0 Å². The lowest BCUT2D eigenvalue weighted by Crippen LogP contribution is -2.48. The zero-order valence-corrected chi connectivity index (χ0v) is 19.4. The SMILES string of the molecule is Cn1cc(N(CC2C[C@H](O)CO2)S(=O)(=O)NC(=O)Nc2c3c(cc4c2CCC4)CCC3)cn1. The highest BCUT2D eigenvalue weighted by atomic mass is 32.2. The molecule has 0 spiro atoms. The lowest BCUT2D eigenvalue weighted by Gasteiger charge is -2.25. The van der Waals surface area contributed by atoms with Crippen LogP contribution in [0.2, 0.25) is 0 Å². The summed E-state index contributed by atoms with van der Waals surface area (Å²) in [5.41, 5.74) is 5.84. The van der Waals surface area contributed by atoms with Crippen LogP contribution in [-0.2, 0) is 47.7 Å². The molecule has 33 heavy (non-hydrogen) atoms. The van der Waals surface area contributed by atoms with E-state index in [1.807, 2.05) is 0 Å². The van der Waals surface area contributed by atoms with Crippen LogP contribution in [0.15, 0.2) is 18.5 Å². The lowest BCUT2D eigenvalue weighted by molar-refractivity contribution is 0.0930. The number of carbonyl (C=O) groups excluding carboxylic acids is 1. The van der Waals surface area contributed by atoms with Crippen LogP contribution in [0.25, 0.3) is 0 Å². The second-order valence-corrected chi connectivity index (χ2v) is 10.6. The molecule has 5 rings (SSSR count). The molecule has 0 radical (unpaired) electrons. The number of nitrogens with one attached hydrogen (secondary N) is 2. The van der Waals surface area contributed by atoms with E-state index in [0.29, 0.717) is 12.1 Å². The number of aliphatic hydroxyl groups excluding tert-OH is 1. The molecule has 3 aliphatic rings. The van der Waals surface area contributed by atoms with Crippen molar-refractivity contribution in [3.8, 4) is 0 Å². The number of benzene rings is 1. The molecule has 1 aliphatic heterocycles. The van der Waals surface area contributed by atoms with Crippen LogP contribution < -0.4 is 14.3 Å². The fourth-order valence-electron chi connectivity index (χ4n) is 5.16. The van der Waals surface area contributed by atoms with E-state index in [4.69, 9.17) is 4.74 Å². The number of aromatic nitrogens is 2. The predicted octanol–water partition coefficient (Wildman–Crippen LogP) is 1.42. The van der Waals surface area contributed by atoms with Crippen molar-refractivity contribution in [1.82, 2.24) is 14.5 Å². The first-order valence-electron chi connectivity index (χ1n) is 11.4. The third-order valence-electron chi connectivity index (χ3n) is 6.63. The summed E-state index contributed by atoms with van der Waals surface area (Å²) < 4.78 is 36.8. The highest BCUT2D eigenvalue weighted by molar-refractivity contribution is 7.91. The van der Waals surface area contributed by atoms with Gasteiger partial charge in [0.15, 0.2) is 0 Å². The number of amides is 2. The smallest absolute Gasteiger partial charge is 0.334 e. The minimum absolute atomic E-state index is 0.0402. The third kappa shape index (κ3) is 4.44. The van der Waals surface area contributed by atoms with Crippen LogP contribution in [0.1, 0.15) is 41.5 Å². The van der Waals surface area contributed by atoms with Crippen molar-refractivity contribution in [3.05, 3.63) is 40.7 Å². The summed E-state index contributed by atoms with van der Waals surface area (Å²) in [5.74, 6) is 0. The molecule has 1 unspecified atom stereocenters. The number of hydrogen-bond donors (Lipinski definition) is 3. The van der Waals surface area contributed by atoms with E-state index >= 15 is 0 Å². The van der Waals surface area contributed by atoms with Crippen LogP contribution in [0.4, 0.5) is 16.2 Å². The first-order valence-corrected chi connectivity index (χ1v) is 12.8. The largest absolute Gasteiger partial charge is 0.391 e. The van der Waals surface area contributed by atoms with Crippen molar-refractivity contribution in [1.29, 1.82) is 0 Å². The average Bonchev–Trinajstić information content (AvgIpc) is 3.53. The van der Waals surface area contributed by atoms with Gasteiger partial charge in [-0.3, -0.25) is 4.68 Å². The van der Waals surface area contributed by atoms with Crippen molar-refractivity contribution in [2.24, 2.45) is 7.05 Å². The second kappa shape index (κ2) is 8.62. The third-order valence-corrected chi connectivity index (χ3v) is 8.01. The van der Waals surface area contributed by atoms with Gasteiger partial charge in [-0.15, -0.1) is 0 Å². The molecule has 0 bridgehead atoms. The maximum Gasteiger partial charge on any atom is 0.334 e. The molecule has 10 nitrogen and oxygen atoms in total. The number of rotatable bonds is 6. The molecule has 2 aromatic rings. The maximum atomic E-state index is 13.3. The fraction of sp³-hybridized carbons (Fsp3) is 0.545. The van der Waals surface area contributed by atoms with Gasteiger partial charge in [-0.25, -0.2) is 13.8 Å². The molecule has 178 valence electrons. The van der Waals surface area contributed by atoms with Gasteiger partial charge in [-0.05, 0) is 60.8 Å². The van der Waals surface area contributed by atoms with E-state index in [-0.39, 0.29) is 13.2 Å². The number of hydrogen-bond acceptors (Lipinski definition) is 6. The highest BCUT2D eigenvalue weighted by Gasteiger charge is 2.33. The Labute approximate surface area is 193 Å². The molecular formula is C22H29N5O5S. The summed E-state index contributed by atoms with van der Waals surface area (Å²) in [6.07, 6.45) is 7.98. The average molecular weight is 476 g/mol. The van der Waals surface area contributed by atoms with Crippen molar-refractivity contribution >= 4 is 27.6 Å². The molecule has 11 heteroatoms. The molecule has 2 heterocycles. The van der Waals surface area contributed by atoms with Crippen LogP contribution in [0.3, 0.4) is 0 Å². The van der Waals surface area contributed by atoms with Crippen LogP contribution in [0, 0.1) is 0 Å². The number of carbonyl (C=O) groups is 1. The Kier molecular flexibility index (Phi) is 5.79. The van der Waals surface area contributed by atoms with Gasteiger partial charge in [0.05, 0.1) is 37.2 Å². The monoisotopic (exact) mass is 475 g/mol. The number of urea groups is 1. The van der Waals surface area contributed by atoms with Gasteiger partial charge in [-0.1, -0.05) is 6.07 Å². The van der Waals surface area contributed by atoms with Gasteiger partial charge in [0.2, 0.25) is 0 Å². The number of anilines is 2. The van der Waals surface area contributed by atoms with Gasteiger partial charge in [-0.2, -0.15) is 13.5 Å². The Morgan fingerprint density at radius 2 is 1.94 bits per heavy atom. The Hall–Kier alpha value is -2.63. The molecule has 1 aromatic heterocycles. The standard InChI is InChI=1S/C22H29N5O5S/c1-26-11-16(10-23-26)27(12-18-9-17(28)13-32-18)33(30,31)25-22(29)24-21-19-6-2-4-14(19)8-15-5-3-7-20(15)21/h8,10-11,17-18,28H,2-7,9,12-13H2,1H3,(H2,24,25,29)/t17-,18?/m0/s1. The van der Waals surface area contributed by atoms with Crippen molar-refractivity contribution in [2.45, 2.75) is 57.2 Å². The first kappa shape index (κ1) is 22.2. The molecule has 0 saturated carbocycles. The molecule has 3 N–H and O–H groups in total. The Balaban J connectivity index is 1.37. The van der Waals surface area contributed by atoms with E-state index in [0.717, 1.165) is 59.6 Å². The Morgan fingerprint density at radius 3 is 2.52 bits per heavy atom. The van der Waals surface area contributed by atoms with Gasteiger partial charge in [0, 0.05) is 25.4 Å². The fourth-order valence-corrected chi connectivity index (χ4v) is 6.29. The topological polar surface area (TPSA) is 126 Å². The quantitative estimate of drug-likeness (QED) is 0.580. The summed E-state index contributed by atoms with van der Waals surface area (Å²) in [7, 11) is -2.58. The van der Waals surface area contributed by atoms with Crippen LogP contribution in [0.5, 0.6) is 0 Å². The Morgan fingerprint density at radius 1 is 1.24 bits per heavy atom. The first-order chi connectivity index (χ1) is 15.8. The maximum absolute atomic E-state index is 13.3. The zero-order chi connectivity index (χ0) is 23.2. The number of nitrogens with zero attached hydrogens (tertiary/aromatic N) is 3. The number of aliphatic hydroxyl groups is 1. The molecule has 1 saturated heterocycles. The minimum atomic E-state index is -4.26. The molecule has 2 amide bonds. The molecule has 1 aromatic carbocycles. The van der Waals surface area contributed by atoms with E-state index in [2.05, 4.69) is 21.2 Å². The van der Waals surface area contributed by atoms with Crippen molar-refractivity contribution in [2.75, 3.05) is 22.8 Å². The van der Waals surface area contributed by atoms with Gasteiger partial charge in [0.1, 0.15) is 0 Å². The number of aryl methyl sites for hydroxylation is 3. The highest BCUT2D eigenvalue weighted by Crippen LogP contribution is 2.38. The van der Waals surface area contributed by atoms with Crippen molar-refractivity contribution in [3.63, 3.8) is 0 Å². The zero-order valence-electron chi connectivity index (χ0n) is 18.6. The minimum Gasteiger partial charge on any atom is -0.391 e. The second-order valence-electron chi connectivity index (χ2n) is 9.04. The summed E-state index contributed by atoms with van der Waals surface area (Å²) in [4.78, 5) is 12.9. The Bertz CT molecular complexity index is 1150. The molecular weight excluding hydrogens is 446 g/mol. The van der Waals surface area contributed by atoms with Crippen LogP contribution in [-0.4, -0.2) is 54.7 Å². The number of ether oxygens (including phenoxy) is 1. The van der Waals surface area contributed by atoms with E-state index in [1.54, 1.807) is 13.2 Å². The molecule has 2 aliphatic carbocycles. The molecule has 2 atom stereocenters. The van der Waals surface area contributed by atoms with Gasteiger partial charge in [0.25, 0.3) is 0 Å².